The van der Waals surface area contributed by atoms with Crippen LogP contribution in [0.15, 0.2) is 126 Å². The Morgan fingerprint density at radius 2 is 1.33 bits per heavy atom. The van der Waals surface area contributed by atoms with Crippen LogP contribution < -0.4 is 0 Å². The molecule has 0 aliphatic heterocycles. The molecule has 0 amide bonds. The van der Waals surface area contributed by atoms with Crippen LogP contribution in [0.2, 0.25) is 0 Å². The average Bonchev–Trinajstić information content (AvgIpc) is 3.41. The fourth-order valence-electron chi connectivity index (χ4n) is 5.54. The summed E-state index contributed by atoms with van der Waals surface area (Å²) < 4.78 is 7.02. The molecule has 2 heteroatoms. The summed E-state index contributed by atoms with van der Waals surface area (Å²) in [5.41, 5.74) is 10.9. The summed E-state index contributed by atoms with van der Waals surface area (Å²) in [6, 6.07) is 41.8. The first kappa shape index (κ1) is 23.0. The smallest absolute Gasteiger partial charge is 0.142 e. The molecule has 2 aromatic heterocycles. The molecule has 4 aromatic carbocycles. The van der Waals surface area contributed by atoms with E-state index in [0.29, 0.717) is 0 Å². The Balaban J connectivity index is 1.53. The predicted octanol–water partition coefficient (Wildman–Crippen LogP) is 9.57. The summed E-state index contributed by atoms with van der Waals surface area (Å²) in [5.74, 6) is 1.81. The zero-order valence-electron chi connectivity index (χ0n) is 21.4. The van der Waals surface area contributed by atoms with Crippen molar-refractivity contribution in [2.24, 2.45) is 0 Å². The fraction of sp³-hybridized carbons (Fsp3) is 0.0541. The lowest BCUT2D eigenvalue weighted by Gasteiger charge is -2.15. The van der Waals surface area contributed by atoms with E-state index >= 15 is 0 Å². The minimum Gasteiger partial charge on any atom is -0.455 e. The molecular weight excluding hydrogens is 474 g/mol. The normalized spacial score (nSPS) is 12.1. The molecule has 0 atom stereocenters. The number of fused-ring (bicyclic) bond motifs is 1. The lowest BCUT2D eigenvalue weighted by molar-refractivity contribution is 0.594. The van der Waals surface area contributed by atoms with E-state index in [0.717, 1.165) is 68.9 Å². The zero-order chi connectivity index (χ0) is 26.0. The van der Waals surface area contributed by atoms with Crippen molar-refractivity contribution in [3.05, 3.63) is 145 Å². The molecular formula is C37H25NO. The van der Waals surface area contributed by atoms with Crippen LogP contribution in [0.1, 0.15) is 17.5 Å². The minimum absolute atomic E-state index is 0.903. The Bertz CT molecular complexity index is 1720. The van der Waals surface area contributed by atoms with Crippen LogP contribution in [0, 0.1) is 12.1 Å². The van der Waals surface area contributed by atoms with Crippen molar-refractivity contribution in [1.29, 1.82) is 0 Å². The monoisotopic (exact) mass is 499 g/mol. The zero-order valence-corrected chi connectivity index (χ0v) is 21.4. The maximum Gasteiger partial charge on any atom is 0.142 e. The Kier molecular flexibility index (Phi) is 5.88. The molecule has 1 aliphatic rings. The number of aromatic nitrogens is 1. The lowest BCUT2D eigenvalue weighted by atomic mass is 9.88. The van der Waals surface area contributed by atoms with Gasteiger partial charge in [-0.05, 0) is 41.7 Å². The predicted molar refractivity (Wildman–Crippen MR) is 159 cm³/mol. The highest BCUT2D eigenvalue weighted by Gasteiger charge is 2.27. The van der Waals surface area contributed by atoms with Gasteiger partial charge in [0, 0.05) is 51.3 Å². The molecule has 0 N–H and O–H groups in total. The van der Waals surface area contributed by atoms with Gasteiger partial charge in [0.1, 0.15) is 11.5 Å². The number of nitrogens with zero attached hydrogens (tertiary/aromatic N) is 1. The summed E-state index contributed by atoms with van der Waals surface area (Å²) in [6.07, 6.45) is 10.2. The Labute approximate surface area is 228 Å². The third-order valence-corrected chi connectivity index (χ3v) is 7.35. The molecule has 0 radical (unpaired) electrons. The molecule has 2 nitrogen and oxygen atoms in total. The second-order valence-corrected chi connectivity index (χ2v) is 9.69. The largest absolute Gasteiger partial charge is 0.455 e. The molecule has 6 aromatic rings. The van der Waals surface area contributed by atoms with Crippen LogP contribution in [0.25, 0.3) is 62.1 Å². The number of allylic oxidation sites excluding steroid dienone is 1. The van der Waals surface area contributed by atoms with E-state index in [4.69, 9.17) is 4.42 Å². The van der Waals surface area contributed by atoms with Crippen LogP contribution in [-0.4, -0.2) is 4.98 Å². The second-order valence-electron chi connectivity index (χ2n) is 9.69. The highest BCUT2D eigenvalue weighted by Crippen LogP contribution is 2.48. The van der Waals surface area contributed by atoms with E-state index in [1.807, 2.05) is 30.6 Å². The number of hydrogen-bond acceptors (Lipinski definition) is 2. The molecule has 0 bridgehead atoms. The summed E-state index contributed by atoms with van der Waals surface area (Å²) in [4.78, 5) is 4.66. The van der Waals surface area contributed by atoms with Crippen molar-refractivity contribution in [2.45, 2.75) is 12.8 Å². The molecule has 0 saturated heterocycles. The van der Waals surface area contributed by atoms with Gasteiger partial charge in [-0.25, -0.2) is 0 Å². The average molecular weight is 500 g/mol. The minimum atomic E-state index is 0.903. The summed E-state index contributed by atoms with van der Waals surface area (Å²) >= 11 is 0. The van der Waals surface area contributed by atoms with E-state index in [-0.39, 0.29) is 0 Å². The van der Waals surface area contributed by atoms with Crippen molar-refractivity contribution in [2.75, 3.05) is 0 Å². The Hall–Kier alpha value is -5.13. The highest BCUT2D eigenvalue weighted by molar-refractivity contribution is 5.96. The summed E-state index contributed by atoms with van der Waals surface area (Å²) in [5, 5.41) is 0. The first-order chi connectivity index (χ1) is 19.4. The number of rotatable bonds is 5. The van der Waals surface area contributed by atoms with Gasteiger partial charge in [0.15, 0.2) is 0 Å². The first-order valence-electron chi connectivity index (χ1n) is 13.3. The quantitative estimate of drug-likeness (QED) is 0.236. The van der Waals surface area contributed by atoms with Gasteiger partial charge in [0.25, 0.3) is 0 Å². The van der Waals surface area contributed by atoms with Crippen molar-refractivity contribution in [3.63, 3.8) is 0 Å². The number of pyridine rings is 1. The Morgan fingerprint density at radius 3 is 2.08 bits per heavy atom. The van der Waals surface area contributed by atoms with E-state index < -0.39 is 0 Å². The molecule has 0 unspecified atom stereocenters. The molecule has 2 heterocycles. The topological polar surface area (TPSA) is 26.0 Å². The first-order valence-corrected chi connectivity index (χ1v) is 13.3. The van der Waals surface area contributed by atoms with Crippen molar-refractivity contribution in [3.8, 4) is 56.0 Å². The molecule has 39 heavy (non-hydrogen) atoms. The molecule has 0 saturated carbocycles. The van der Waals surface area contributed by atoms with Gasteiger partial charge in [-0.15, -0.1) is 0 Å². The van der Waals surface area contributed by atoms with Crippen molar-refractivity contribution >= 4 is 6.08 Å². The summed E-state index contributed by atoms with van der Waals surface area (Å²) in [6.45, 7) is 0. The standard InChI is InChI=1S/C37H25NO/c1-4-14-26(15-5-1)29-20-10-11-21-30(29)36-31-22-12-13-23-32(31)37(39-36)35-33(27-16-6-2-7-17-27)24-38-25-34(35)28-18-8-3-9-19-28/h1-8,10-12,14-18,20-22,24-25H,13,23H2. The third-order valence-electron chi connectivity index (χ3n) is 7.35. The summed E-state index contributed by atoms with van der Waals surface area (Å²) in [7, 11) is 0. The fourth-order valence-corrected chi connectivity index (χ4v) is 5.54. The molecule has 0 fully saturated rings. The second kappa shape index (κ2) is 9.97. The molecule has 0 spiro atoms. The SMILES string of the molecule is c1cccc(-c2cncc(-c3ccccc3)c2-c2oc(-c3ccccc3-c3ccccc3)c3c2CCC=C3)c#1. The number of hydrogen-bond donors (Lipinski definition) is 0. The van der Waals surface area contributed by atoms with Gasteiger partial charge in [-0.1, -0.05) is 115 Å². The highest BCUT2D eigenvalue weighted by atomic mass is 16.3. The maximum absolute atomic E-state index is 7.02. The number of benzene rings is 3. The van der Waals surface area contributed by atoms with Gasteiger partial charge < -0.3 is 4.42 Å². The lowest BCUT2D eigenvalue weighted by Crippen LogP contribution is -1.96. The van der Waals surface area contributed by atoms with Gasteiger partial charge in [-0.3, -0.25) is 4.98 Å². The van der Waals surface area contributed by atoms with E-state index in [2.05, 4.69) is 114 Å². The van der Waals surface area contributed by atoms with E-state index in [1.165, 1.54) is 11.1 Å². The van der Waals surface area contributed by atoms with E-state index in [1.54, 1.807) is 0 Å². The van der Waals surface area contributed by atoms with Gasteiger partial charge in [-0.2, -0.15) is 0 Å². The number of furan rings is 1. The van der Waals surface area contributed by atoms with Crippen LogP contribution in [0.4, 0.5) is 0 Å². The van der Waals surface area contributed by atoms with Gasteiger partial charge in [0.05, 0.1) is 0 Å². The van der Waals surface area contributed by atoms with Crippen molar-refractivity contribution in [1.82, 2.24) is 4.98 Å². The molecule has 1 aliphatic carbocycles. The third kappa shape index (κ3) is 4.15. The van der Waals surface area contributed by atoms with Crippen LogP contribution in [0.5, 0.6) is 0 Å². The van der Waals surface area contributed by atoms with Crippen LogP contribution in [-0.2, 0) is 6.42 Å². The van der Waals surface area contributed by atoms with Crippen LogP contribution in [0.3, 0.4) is 0 Å². The van der Waals surface area contributed by atoms with E-state index in [9.17, 15) is 0 Å². The van der Waals surface area contributed by atoms with Gasteiger partial charge in [0.2, 0.25) is 0 Å². The molecule has 184 valence electrons. The van der Waals surface area contributed by atoms with Crippen molar-refractivity contribution < 1.29 is 4.42 Å². The van der Waals surface area contributed by atoms with Crippen LogP contribution >= 0.6 is 0 Å². The van der Waals surface area contributed by atoms with Gasteiger partial charge >= 0.3 is 0 Å². The Morgan fingerprint density at radius 1 is 0.641 bits per heavy atom. The maximum atomic E-state index is 7.02. The molecule has 7 rings (SSSR count).